The van der Waals surface area contributed by atoms with Gasteiger partial charge in [0.15, 0.2) is 9.84 Å². The fourth-order valence-corrected chi connectivity index (χ4v) is 8.24. The predicted octanol–water partition coefficient (Wildman–Crippen LogP) is 6.12. The molecule has 5 rings (SSSR count). The summed E-state index contributed by atoms with van der Waals surface area (Å²) in [6.45, 7) is 6.17. The van der Waals surface area contributed by atoms with Gasteiger partial charge in [0.1, 0.15) is 15.8 Å². The quantitative estimate of drug-likeness (QED) is 0.264. The monoisotopic (exact) mass is 557 g/mol. The molecule has 0 spiro atoms. The van der Waals surface area contributed by atoms with Crippen molar-refractivity contribution in [3.8, 4) is 10.6 Å². The largest absolute Gasteiger partial charge is 0.317 e. The summed E-state index contributed by atoms with van der Waals surface area (Å²) in [5.74, 6) is -0.894. The fraction of sp³-hybridized carbons (Fsp3) is 0.333. The van der Waals surface area contributed by atoms with Crippen LogP contribution in [0.25, 0.3) is 20.8 Å². The molecule has 37 heavy (non-hydrogen) atoms. The van der Waals surface area contributed by atoms with Crippen LogP contribution in [0.3, 0.4) is 0 Å². The number of fused-ring (bicyclic) bond motifs is 2. The van der Waals surface area contributed by atoms with E-state index in [0.717, 1.165) is 57.4 Å². The Morgan fingerprint density at radius 1 is 1.14 bits per heavy atom. The zero-order valence-corrected chi connectivity index (χ0v) is 23.1. The van der Waals surface area contributed by atoms with E-state index in [1.165, 1.54) is 22.6 Å². The summed E-state index contributed by atoms with van der Waals surface area (Å²) in [6.07, 6.45) is 1.13. The van der Waals surface area contributed by atoms with Gasteiger partial charge in [0.05, 0.1) is 20.9 Å². The molecule has 10 heteroatoms. The number of carbonyl (C=O) groups is 1. The highest BCUT2D eigenvalue weighted by atomic mass is 32.2. The normalized spacial score (nSPS) is 14.3. The van der Waals surface area contributed by atoms with E-state index in [1.54, 1.807) is 22.7 Å². The number of hydrogen-bond donors (Lipinski definition) is 1. The van der Waals surface area contributed by atoms with E-state index in [-0.39, 0.29) is 29.4 Å². The first-order valence-electron chi connectivity index (χ1n) is 12.2. The number of sulfone groups is 1. The minimum Gasteiger partial charge on any atom is -0.317 e. The van der Waals surface area contributed by atoms with Gasteiger partial charge in [-0.25, -0.2) is 17.8 Å². The smallest absolute Gasteiger partial charge is 0.225 e. The van der Waals surface area contributed by atoms with Crippen LogP contribution in [0.5, 0.6) is 0 Å². The van der Waals surface area contributed by atoms with Gasteiger partial charge in [0.25, 0.3) is 0 Å². The summed E-state index contributed by atoms with van der Waals surface area (Å²) >= 11 is 3.21. The number of thiophene rings is 1. The van der Waals surface area contributed by atoms with Crippen molar-refractivity contribution in [3.63, 3.8) is 0 Å². The molecule has 1 aliphatic rings. The van der Waals surface area contributed by atoms with Gasteiger partial charge in [0.2, 0.25) is 5.91 Å². The maximum Gasteiger partial charge on any atom is 0.225 e. The average Bonchev–Trinajstić information content (AvgIpc) is 3.44. The van der Waals surface area contributed by atoms with Gasteiger partial charge in [-0.05, 0) is 68.7 Å². The maximum atomic E-state index is 13.1. The van der Waals surface area contributed by atoms with Crippen molar-refractivity contribution in [2.45, 2.75) is 50.6 Å². The molecule has 1 N–H and O–H groups in total. The first kappa shape index (κ1) is 26.0. The minimum atomic E-state index is -3.59. The number of nitrogens with zero attached hydrogens (tertiary/aromatic N) is 2. The molecule has 0 atom stereocenters. The van der Waals surface area contributed by atoms with E-state index in [4.69, 9.17) is 4.98 Å². The number of benzene rings is 2. The number of nitrogens with one attached hydrogen (secondary N) is 1. The first-order chi connectivity index (χ1) is 17.7. The second-order valence-corrected chi connectivity index (χ2v) is 13.7. The van der Waals surface area contributed by atoms with Crippen LogP contribution in [0.2, 0.25) is 0 Å². The number of para-hydroxylation sites is 1. The number of thiazole rings is 1. The third kappa shape index (κ3) is 5.62. The SMILES string of the molecule is CC(C)N1CCc2c(sc(NC(=O)CCCS(=O)(=O)c3ccc(F)cc3)c2-c2nc3ccccc3s2)C1. The van der Waals surface area contributed by atoms with Crippen LogP contribution in [0.1, 0.15) is 37.1 Å². The van der Waals surface area contributed by atoms with Crippen LogP contribution in [0.15, 0.2) is 53.4 Å². The molecule has 6 nitrogen and oxygen atoms in total. The molecule has 1 aliphatic heterocycles. The lowest BCUT2D eigenvalue weighted by molar-refractivity contribution is -0.116. The van der Waals surface area contributed by atoms with Gasteiger partial charge >= 0.3 is 0 Å². The van der Waals surface area contributed by atoms with E-state index in [0.29, 0.717) is 6.04 Å². The Morgan fingerprint density at radius 3 is 2.62 bits per heavy atom. The standard InChI is InChI=1S/C27H28FN3O3S3/c1-17(2)31-14-13-20-23(16-31)36-27(25(20)26-29-21-6-3-4-7-22(21)35-26)30-24(32)8-5-15-37(33,34)19-11-9-18(28)10-12-19/h3-4,6-7,9-12,17H,5,8,13-16H2,1-2H3,(H,30,32). The lowest BCUT2D eigenvalue weighted by atomic mass is 10.0. The Balaban J connectivity index is 1.35. The van der Waals surface area contributed by atoms with Crippen molar-refractivity contribution in [1.82, 2.24) is 9.88 Å². The topological polar surface area (TPSA) is 79.4 Å². The number of hydrogen-bond acceptors (Lipinski definition) is 7. The first-order valence-corrected chi connectivity index (χ1v) is 15.5. The molecule has 4 aromatic rings. The highest BCUT2D eigenvalue weighted by Crippen LogP contribution is 2.46. The zero-order valence-electron chi connectivity index (χ0n) is 20.7. The van der Waals surface area contributed by atoms with Gasteiger partial charge in [-0.15, -0.1) is 22.7 Å². The van der Waals surface area contributed by atoms with E-state index in [1.807, 2.05) is 18.2 Å². The Bertz CT molecular complexity index is 1510. The van der Waals surface area contributed by atoms with Gasteiger partial charge in [0, 0.05) is 36.0 Å². The van der Waals surface area contributed by atoms with Crippen molar-refractivity contribution >= 4 is 53.6 Å². The molecular weight excluding hydrogens is 530 g/mol. The molecule has 194 valence electrons. The van der Waals surface area contributed by atoms with Crippen LogP contribution in [-0.4, -0.2) is 42.5 Å². The Hall–Kier alpha value is -2.66. The van der Waals surface area contributed by atoms with Gasteiger partial charge in [-0.2, -0.15) is 0 Å². The molecule has 0 fully saturated rings. The fourth-order valence-electron chi connectivity index (χ4n) is 4.53. The van der Waals surface area contributed by atoms with E-state index < -0.39 is 15.7 Å². The molecule has 2 aromatic carbocycles. The lowest BCUT2D eigenvalue weighted by Crippen LogP contribution is -2.35. The lowest BCUT2D eigenvalue weighted by Gasteiger charge is -2.30. The molecule has 0 saturated heterocycles. The average molecular weight is 558 g/mol. The number of carbonyl (C=O) groups excluding carboxylic acids is 1. The van der Waals surface area contributed by atoms with Crippen LogP contribution < -0.4 is 5.32 Å². The van der Waals surface area contributed by atoms with Gasteiger partial charge in [-0.3, -0.25) is 9.69 Å². The molecule has 0 aliphatic carbocycles. The Labute approximate surface area is 224 Å². The second-order valence-electron chi connectivity index (χ2n) is 9.43. The summed E-state index contributed by atoms with van der Waals surface area (Å²) in [6, 6.07) is 13.2. The van der Waals surface area contributed by atoms with Crippen molar-refractivity contribution in [1.29, 1.82) is 0 Å². The molecule has 0 unspecified atom stereocenters. The van der Waals surface area contributed by atoms with Gasteiger partial charge < -0.3 is 5.32 Å². The highest BCUT2D eigenvalue weighted by molar-refractivity contribution is 7.91. The number of anilines is 1. The summed E-state index contributed by atoms with van der Waals surface area (Å²) < 4.78 is 39.4. The van der Waals surface area contributed by atoms with Gasteiger partial charge in [-0.1, -0.05) is 12.1 Å². The third-order valence-electron chi connectivity index (χ3n) is 6.57. The number of aromatic nitrogens is 1. The number of amides is 1. The Morgan fingerprint density at radius 2 is 1.89 bits per heavy atom. The summed E-state index contributed by atoms with van der Waals surface area (Å²) in [4.78, 5) is 21.5. The second kappa shape index (κ2) is 10.6. The molecule has 0 bridgehead atoms. The number of halogens is 1. The predicted molar refractivity (Wildman–Crippen MR) is 148 cm³/mol. The third-order valence-corrected chi connectivity index (χ3v) is 10.6. The molecular formula is C27H28FN3O3S3. The van der Waals surface area contributed by atoms with Crippen LogP contribution >= 0.6 is 22.7 Å². The van der Waals surface area contributed by atoms with E-state index in [9.17, 15) is 17.6 Å². The zero-order chi connectivity index (χ0) is 26.2. The molecule has 3 heterocycles. The molecule has 1 amide bonds. The van der Waals surface area contributed by atoms with Crippen molar-refractivity contribution < 1.29 is 17.6 Å². The minimum absolute atomic E-state index is 0.0630. The summed E-state index contributed by atoms with van der Waals surface area (Å²) in [7, 11) is -3.59. The number of rotatable bonds is 8. The van der Waals surface area contributed by atoms with E-state index >= 15 is 0 Å². The van der Waals surface area contributed by atoms with Crippen LogP contribution in [0, 0.1) is 5.82 Å². The molecule has 0 saturated carbocycles. The van der Waals surface area contributed by atoms with Crippen molar-refractivity contribution in [3.05, 3.63) is 64.8 Å². The van der Waals surface area contributed by atoms with Crippen molar-refractivity contribution in [2.75, 3.05) is 17.6 Å². The van der Waals surface area contributed by atoms with E-state index in [2.05, 4.69) is 30.1 Å². The molecule has 2 aromatic heterocycles. The highest BCUT2D eigenvalue weighted by Gasteiger charge is 2.28. The van der Waals surface area contributed by atoms with Crippen LogP contribution in [0.4, 0.5) is 9.39 Å². The molecule has 0 radical (unpaired) electrons. The summed E-state index contributed by atoms with van der Waals surface area (Å²) in [5.41, 5.74) is 3.18. The Kier molecular flexibility index (Phi) is 7.44. The van der Waals surface area contributed by atoms with Crippen LogP contribution in [-0.2, 0) is 27.6 Å². The summed E-state index contributed by atoms with van der Waals surface area (Å²) in [5, 5.41) is 4.74. The maximum absolute atomic E-state index is 13.1. The van der Waals surface area contributed by atoms with Crippen molar-refractivity contribution in [2.24, 2.45) is 0 Å².